The predicted octanol–water partition coefficient (Wildman–Crippen LogP) is 2.28. The number of carbonyl (C=O) groups excluding carboxylic acids is 1. The Labute approximate surface area is 159 Å². The minimum absolute atomic E-state index is 0.100. The number of aliphatic imine (C=N–C) groups is 1. The number of likely N-dealkylation sites (tertiary alicyclic amines) is 1. The molecule has 0 spiro atoms. The van der Waals surface area contributed by atoms with E-state index in [2.05, 4.69) is 46.3 Å². The second-order valence-corrected chi connectivity index (χ2v) is 8.33. The molecule has 0 aromatic rings. The van der Waals surface area contributed by atoms with E-state index in [1.807, 2.05) is 27.8 Å². The van der Waals surface area contributed by atoms with E-state index in [0.717, 1.165) is 45.0 Å². The van der Waals surface area contributed by atoms with Crippen LogP contribution in [0.25, 0.3) is 0 Å². The molecule has 0 aliphatic carbocycles. The van der Waals surface area contributed by atoms with Crippen LogP contribution in [-0.2, 0) is 4.74 Å². The van der Waals surface area contributed by atoms with Crippen LogP contribution in [0.5, 0.6) is 0 Å². The highest BCUT2D eigenvalue weighted by Crippen LogP contribution is 2.12. The minimum atomic E-state index is -0.469. The number of unbranched alkanes of at least 4 members (excludes halogenated alkanes) is 1. The molecule has 0 radical (unpaired) electrons. The van der Waals surface area contributed by atoms with Crippen LogP contribution in [0.15, 0.2) is 4.99 Å². The zero-order valence-electron chi connectivity index (χ0n) is 17.8. The molecule has 1 fully saturated rings. The van der Waals surface area contributed by atoms with Gasteiger partial charge in [-0.05, 0) is 67.5 Å². The third kappa shape index (κ3) is 8.74. The zero-order valence-corrected chi connectivity index (χ0v) is 17.8. The van der Waals surface area contributed by atoms with Crippen LogP contribution in [0.1, 0.15) is 53.9 Å². The van der Waals surface area contributed by atoms with Crippen LogP contribution in [0.2, 0.25) is 0 Å². The van der Waals surface area contributed by atoms with Gasteiger partial charge in [-0.25, -0.2) is 4.79 Å². The third-order valence-electron chi connectivity index (χ3n) is 4.52. The number of rotatable bonds is 7. The van der Waals surface area contributed by atoms with Crippen molar-refractivity contribution in [3.05, 3.63) is 0 Å². The molecule has 1 heterocycles. The number of alkyl carbamates (subject to hydrolysis) is 1. The van der Waals surface area contributed by atoms with Gasteiger partial charge in [0.2, 0.25) is 0 Å². The smallest absolute Gasteiger partial charge is 0.407 e. The third-order valence-corrected chi connectivity index (χ3v) is 4.52. The van der Waals surface area contributed by atoms with Gasteiger partial charge in [-0.1, -0.05) is 0 Å². The first-order valence-corrected chi connectivity index (χ1v) is 9.77. The highest BCUT2D eigenvalue weighted by atomic mass is 16.6. The first kappa shape index (κ1) is 22.5. The molecule has 7 nitrogen and oxygen atoms in total. The molecule has 1 aliphatic heterocycles. The summed E-state index contributed by atoms with van der Waals surface area (Å²) in [4.78, 5) is 20.8. The summed E-state index contributed by atoms with van der Waals surface area (Å²) in [5.74, 6) is 0.913. The fraction of sp³-hybridized carbons (Fsp3) is 0.895. The Morgan fingerprint density at radius 1 is 1.35 bits per heavy atom. The lowest BCUT2D eigenvalue weighted by molar-refractivity contribution is 0.0507. The SMILES string of the molecule is CN=C(NCCCCN(C)C(C)C)N1CCC(NC(=O)OC(C)(C)C)C1. The largest absolute Gasteiger partial charge is 0.444 e. The minimum Gasteiger partial charge on any atom is -0.444 e. The van der Waals surface area contributed by atoms with Crippen molar-refractivity contribution in [1.82, 2.24) is 20.4 Å². The van der Waals surface area contributed by atoms with Crippen LogP contribution < -0.4 is 10.6 Å². The molecule has 152 valence electrons. The van der Waals surface area contributed by atoms with Crippen molar-refractivity contribution in [3.63, 3.8) is 0 Å². The Kier molecular flexibility index (Phi) is 9.19. The number of hydrogen-bond acceptors (Lipinski definition) is 4. The molecule has 26 heavy (non-hydrogen) atoms. The van der Waals surface area contributed by atoms with E-state index in [1.54, 1.807) is 0 Å². The average molecular weight is 370 g/mol. The van der Waals surface area contributed by atoms with E-state index in [1.165, 1.54) is 6.42 Å². The Morgan fingerprint density at radius 3 is 2.62 bits per heavy atom. The maximum atomic E-state index is 11.9. The molecule has 0 bridgehead atoms. The van der Waals surface area contributed by atoms with Gasteiger partial charge in [0, 0.05) is 32.7 Å². The van der Waals surface area contributed by atoms with Gasteiger partial charge in [0.15, 0.2) is 5.96 Å². The number of carbonyl (C=O) groups is 1. The Hall–Kier alpha value is -1.50. The molecule has 0 aromatic heterocycles. The summed E-state index contributed by atoms with van der Waals surface area (Å²) < 4.78 is 5.33. The maximum absolute atomic E-state index is 11.9. The van der Waals surface area contributed by atoms with Crippen molar-refractivity contribution in [3.8, 4) is 0 Å². The lowest BCUT2D eigenvalue weighted by Crippen LogP contribution is -2.44. The molecule has 7 heteroatoms. The standard InChI is InChI=1S/C19H39N5O2/c1-15(2)23(7)12-9-8-11-21-17(20-6)24-13-10-16(14-24)22-18(25)26-19(3,4)5/h15-16H,8-14H2,1-7H3,(H,20,21)(H,22,25). The summed E-state index contributed by atoms with van der Waals surface area (Å²) in [6.45, 7) is 13.7. The van der Waals surface area contributed by atoms with Crippen LogP contribution in [-0.4, -0.2) is 79.8 Å². The van der Waals surface area contributed by atoms with Crippen LogP contribution in [0.3, 0.4) is 0 Å². The quantitative estimate of drug-likeness (QED) is 0.409. The number of nitrogens with zero attached hydrogens (tertiary/aromatic N) is 3. The van der Waals surface area contributed by atoms with Crippen LogP contribution >= 0.6 is 0 Å². The highest BCUT2D eigenvalue weighted by molar-refractivity contribution is 5.80. The van der Waals surface area contributed by atoms with E-state index in [-0.39, 0.29) is 12.1 Å². The second kappa shape index (κ2) is 10.6. The summed E-state index contributed by atoms with van der Waals surface area (Å²) in [5.41, 5.74) is -0.469. The fourth-order valence-corrected chi connectivity index (χ4v) is 2.82. The zero-order chi connectivity index (χ0) is 19.7. The van der Waals surface area contributed by atoms with Gasteiger partial charge in [-0.3, -0.25) is 4.99 Å². The molecular weight excluding hydrogens is 330 g/mol. The summed E-state index contributed by atoms with van der Waals surface area (Å²) in [6.07, 6.45) is 2.84. The van der Waals surface area contributed by atoms with E-state index >= 15 is 0 Å². The summed E-state index contributed by atoms with van der Waals surface area (Å²) >= 11 is 0. The maximum Gasteiger partial charge on any atom is 0.407 e. The number of guanidine groups is 1. The van der Waals surface area contributed by atoms with Gasteiger partial charge in [0.25, 0.3) is 0 Å². The van der Waals surface area contributed by atoms with Gasteiger partial charge in [-0.2, -0.15) is 0 Å². The van der Waals surface area contributed by atoms with Crippen molar-refractivity contribution in [2.45, 2.75) is 71.6 Å². The van der Waals surface area contributed by atoms with Gasteiger partial charge in [0.1, 0.15) is 5.60 Å². The van der Waals surface area contributed by atoms with E-state index in [9.17, 15) is 4.79 Å². The predicted molar refractivity (Wildman–Crippen MR) is 108 cm³/mol. The molecule has 2 N–H and O–H groups in total. The van der Waals surface area contributed by atoms with E-state index in [0.29, 0.717) is 6.04 Å². The molecule has 1 aliphatic rings. The molecule has 1 saturated heterocycles. The number of amides is 1. The van der Waals surface area contributed by atoms with Crippen molar-refractivity contribution in [2.75, 3.05) is 40.3 Å². The van der Waals surface area contributed by atoms with Gasteiger partial charge in [0.05, 0.1) is 6.04 Å². The summed E-state index contributed by atoms with van der Waals surface area (Å²) in [5, 5.41) is 6.39. The number of nitrogens with one attached hydrogen (secondary N) is 2. The van der Waals surface area contributed by atoms with Gasteiger partial charge < -0.3 is 25.2 Å². The Morgan fingerprint density at radius 2 is 2.04 bits per heavy atom. The molecule has 0 aromatic carbocycles. The number of ether oxygens (including phenoxy) is 1. The summed E-state index contributed by atoms with van der Waals surface area (Å²) in [6, 6.07) is 0.692. The molecular formula is C19H39N5O2. The molecule has 1 rings (SSSR count). The van der Waals surface area contributed by atoms with Crippen molar-refractivity contribution < 1.29 is 9.53 Å². The van der Waals surface area contributed by atoms with Crippen molar-refractivity contribution >= 4 is 12.1 Å². The molecule has 1 amide bonds. The van der Waals surface area contributed by atoms with Gasteiger partial charge >= 0.3 is 6.09 Å². The topological polar surface area (TPSA) is 69.2 Å². The van der Waals surface area contributed by atoms with E-state index < -0.39 is 5.60 Å². The summed E-state index contributed by atoms with van der Waals surface area (Å²) in [7, 11) is 3.97. The van der Waals surface area contributed by atoms with Crippen molar-refractivity contribution in [2.24, 2.45) is 4.99 Å². The molecule has 1 unspecified atom stereocenters. The normalized spacial score (nSPS) is 18.6. The first-order valence-electron chi connectivity index (χ1n) is 9.77. The lowest BCUT2D eigenvalue weighted by atomic mass is 10.2. The van der Waals surface area contributed by atoms with Crippen LogP contribution in [0.4, 0.5) is 4.79 Å². The molecule has 0 saturated carbocycles. The van der Waals surface area contributed by atoms with Crippen LogP contribution in [0, 0.1) is 0 Å². The van der Waals surface area contributed by atoms with Crippen molar-refractivity contribution in [1.29, 1.82) is 0 Å². The number of hydrogen-bond donors (Lipinski definition) is 2. The van der Waals surface area contributed by atoms with E-state index in [4.69, 9.17) is 4.74 Å². The fourth-order valence-electron chi connectivity index (χ4n) is 2.82. The highest BCUT2D eigenvalue weighted by Gasteiger charge is 2.27. The average Bonchev–Trinajstić information content (AvgIpc) is 2.96. The lowest BCUT2D eigenvalue weighted by Gasteiger charge is -2.24. The van der Waals surface area contributed by atoms with Gasteiger partial charge in [-0.15, -0.1) is 0 Å². The first-order chi connectivity index (χ1) is 12.1. The second-order valence-electron chi connectivity index (χ2n) is 8.33. The Bertz CT molecular complexity index is 459. The molecule has 1 atom stereocenters. The Balaban J connectivity index is 2.29. The monoisotopic (exact) mass is 369 g/mol.